The predicted octanol–water partition coefficient (Wildman–Crippen LogP) is 1.45. The molecule has 0 aliphatic carbocycles. The van der Waals surface area contributed by atoms with Gasteiger partial charge < -0.3 is 9.47 Å². The van der Waals surface area contributed by atoms with Crippen molar-refractivity contribution in [1.29, 1.82) is 0 Å². The summed E-state index contributed by atoms with van der Waals surface area (Å²) in [5.74, 6) is 6.22. The van der Waals surface area contributed by atoms with Crippen molar-refractivity contribution in [1.82, 2.24) is 0 Å². The molecule has 0 saturated carbocycles. The smallest absolute Gasteiger partial charge is 0.147 e. The van der Waals surface area contributed by atoms with Crippen LogP contribution in [0.3, 0.4) is 0 Å². The molecule has 0 radical (unpaired) electrons. The lowest BCUT2D eigenvalue weighted by Gasteiger charge is -2.06. The Kier molecular flexibility index (Phi) is 2.76. The molecule has 0 aromatic heterocycles. The molecular formula is C10H16O2. The van der Waals surface area contributed by atoms with Crippen LogP contribution in [-0.4, -0.2) is 25.9 Å². The highest BCUT2D eigenvalue weighted by Gasteiger charge is 2.37. The van der Waals surface area contributed by atoms with Crippen molar-refractivity contribution in [3.63, 3.8) is 0 Å². The maximum atomic E-state index is 5.25. The van der Waals surface area contributed by atoms with Gasteiger partial charge in [0.05, 0.1) is 6.61 Å². The molecule has 1 rings (SSSR count). The van der Waals surface area contributed by atoms with E-state index in [1.165, 1.54) is 0 Å². The molecular weight excluding hydrogens is 152 g/mol. The molecule has 2 unspecified atom stereocenters. The lowest BCUT2D eigenvalue weighted by Crippen LogP contribution is -2.03. The Morgan fingerprint density at radius 1 is 1.42 bits per heavy atom. The van der Waals surface area contributed by atoms with Gasteiger partial charge >= 0.3 is 0 Å². The van der Waals surface area contributed by atoms with Crippen molar-refractivity contribution in [2.75, 3.05) is 13.7 Å². The van der Waals surface area contributed by atoms with Crippen LogP contribution in [0.15, 0.2) is 0 Å². The highest BCUT2D eigenvalue weighted by molar-refractivity contribution is 5.17. The fourth-order valence-corrected chi connectivity index (χ4v) is 0.849. The fourth-order valence-electron chi connectivity index (χ4n) is 0.849. The molecule has 1 aliphatic rings. The van der Waals surface area contributed by atoms with Crippen LogP contribution in [-0.2, 0) is 9.47 Å². The van der Waals surface area contributed by atoms with Gasteiger partial charge in [0.15, 0.2) is 0 Å². The van der Waals surface area contributed by atoms with Gasteiger partial charge in [-0.15, -0.1) is 0 Å². The van der Waals surface area contributed by atoms with Crippen molar-refractivity contribution in [2.24, 2.45) is 5.41 Å². The minimum Gasteiger partial charge on any atom is -0.382 e. The number of rotatable bonds is 2. The van der Waals surface area contributed by atoms with Gasteiger partial charge in [0.25, 0.3) is 0 Å². The minimum atomic E-state index is 0.0730. The average Bonchev–Trinajstić information content (AvgIpc) is 2.63. The van der Waals surface area contributed by atoms with E-state index in [4.69, 9.17) is 9.47 Å². The highest BCUT2D eigenvalue weighted by Crippen LogP contribution is 2.22. The average molecular weight is 168 g/mol. The summed E-state index contributed by atoms with van der Waals surface area (Å²) in [5.41, 5.74) is 0.0730. The van der Waals surface area contributed by atoms with Crippen molar-refractivity contribution in [3.05, 3.63) is 0 Å². The number of hydrogen-bond donors (Lipinski definition) is 0. The van der Waals surface area contributed by atoms with Gasteiger partial charge in [-0.25, -0.2) is 0 Å². The van der Waals surface area contributed by atoms with Crippen molar-refractivity contribution in [2.45, 2.75) is 33.0 Å². The van der Waals surface area contributed by atoms with E-state index >= 15 is 0 Å². The predicted molar refractivity (Wildman–Crippen MR) is 47.8 cm³/mol. The van der Waals surface area contributed by atoms with Gasteiger partial charge in [0.2, 0.25) is 0 Å². The Hall–Kier alpha value is -0.520. The molecule has 1 heterocycles. The van der Waals surface area contributed by atoms with Crippen LogP contribution in [0.2, 0.25) is 0 Å². The second kappa shape index (κ2) is 3.47. The summed E-state index contributed by atoms with van der Waals surface area (Å²) in [6.07, 6.45) is 0.328. The van der Waals surface area contributed by atoms with Crippen molar-refractivity contribution >= 4 is 0 Å². The summed E-state index contributed by atoms with van der Waals surface area (Å²) in [7, 11) is 1.68. The molecule has 0 N–H and O–H groups in total. The van der Waals surface area contributed by atoms with Crippen LogP contribution in [0.25, 0.3) is 0 Å². The largest absolute Gasteiger partial charge is 0.382 e. The highest BCUT2D eigenvalue weighted by atomic mass is 16.6. The van der Waals surface area contributed by atoms with Crippen LogP contribution < -0.4 is 0 Å². The Morgan fingerprint density at radius 3 is 2.58 bits per heavy atom. The number of methoxy groups -OCH3 is 1. The summed E-state index contributed by atoms with van der Waals surface area (Å²) in [5, 5.41) is 0. The van der Waals surface area contributed by atoms with Gasteiger partial charge in [0, 0.05) is 12.5 Å². The summed E-state index contributed by atoms with van der Waals surface area (Å²) >= 11 is 0. The van der Waals surface area contributed by atoms with E-state index in [0.717, 1.165) is 0 Å². The fraction of sp³-hybridized carbons (Fsp3) is 0.800. The normalized spacial score (nSPS) is 27.7. The van der Waals surface area contributed by atoms with E-state index in [2.05, 4.69) is 32.6 Å². The molecule has 68 valence electrons. The maximum Gasteiger partial charge on any atom is 0.147 e. The Morgan fingerprint density at radius 2 is 2.08 bits per heavy atom. The number of ether oxygens (including phenoxy) is 2. The first-order chi connectivity index (χ1) is 5.53. The first kappa shape index (κ1) is 9.57. The summed E-state index contributed by atoms with van der Waals surface area (Å²) in [6.45, 7) is 6.93. The topological polar surface area (TPSA) is 21.8 Å². The SMILES string of the molecule is COCC1OC1C#CC(C)(C)C. The number of hydrogen-bond acceptors (Lipinski definition) is 2. The lowest BCUT2D eigenvalue weighted by atomic mass is 9.98. The monoisotopic (exact) mass is 168 g/mol. The second-order valence-corrected chi connectivity index (χ2v) is 4.07. The zero-order valence-electron chi connectivity index (χ0n) is 8.18. The van der Waals surface area contributed by atoms with Crippen molar-refractivity contribution < 1.29 is 9.47 Å². The van der Waals surface area contributed by atoms with Gasteiger partial charge in [-0.05, 0) is 20.8 Å². The van der Waals surface area contributed by atoms with Gasteiger partial charge in [-0.1, -0.05) is 11.8 Å². The molecule has 1 saturated heterocycles. The minimum absolute atomic E-state index is 0.0730. The Bertz CT molecular complexity index is 204. The van der Waals surface area contributed by atoms with Gasteiger partial charge in [-0.3, -0.25) is 0 Å². The van der Waals surface area contributed by atoms with E-state index in [9.17, 15) is 0 Å². The second-order valence-electron chi connectivity index (χ2n) is 4.07. The van der Waals surface area contributed by atoms with Gasteiger partial charge in [-0.2, -0.15) is 0 Å². The molecule has 0 spiro atoms. The standard InChI is InChI=1S/C10H16O2/c1-10(2,3)6-5-8-9(12-8)7-11-4/h8-9H,7H2,1-4H3. The summed E-state index contributed by atoms with van der Waals surface area (Å²) < 4.78 is 10.2. The molecule has 1 fully saturated rings. The molecule has 0 amide bonds. The van der Waals surface area contributed by atoms with E-state index in [1.54, 1.807) is 7.11 Å². The first-order valence-electron chi connectivity index (χ1n) is 4.20. The quantitative estimate of drug-likeness (QED) is 0.460. The molecule has 2 heteroatoms. The van der Waals surface area contributed by atoms with Crippen LogP contribution in [0, 0.1) is 17.3 Å². The summed E-state index contributed by atoms with van der Waals surface area (Å²) in [4.78, 5) is 0. The molecule has 0 aromatic rings. The van der Waals surface area contributed by atoms with Gasteiger partial charge in [0.1, 0.15) is 12.2 Å². The Labute approximate surface area is 74.2 Å². The van der Waals surface area contributed by atoms with Crippen molar-refractivity contribution in [3.8, 4) is 11.8 Å². The van der Waals surface area contributed by atoms with E-state index in [0.29, 0.717) is 6.61 Å². The first-order valence-corrected chi connectivity index (χ1v) is 4.20. The Balaban J connectivity index is 2.30. The summed E-state index contributed by atoms with van der Waals surface area (Å²) in [6, 6.07) is 0. The maximum absolute atomic E-state index is 5.25. The van der Waals surface area contributed by atoms with Crippen LogP contribution >= 0.6 is 0 Å². The van der Waals surface area contributed by atoms with E-state index < -0.39 is 0 Å². The molecule has 2 nitrogen and oxygen atoms in total. The molecule has 0 aromatic carbocycles. The third-order valence-electron chi connectivity index (χ3n) is 1.50. The molecule has 12 heavy (non-hydrogen) atoms. The van der Waals surface area contributed by atoms with Crippen LogP contribution in [0.5, 0.6) is 0 Å². The third kappa shape index (κ3) is 3.25. The molecule has 1 aliphatic heterocycles. The lowest BCUT2D eigenvalue weighted by molar-refractivity contribution is 0.171. The van der Waals surface area contributed by atoms with E-state index in [1.807, 2.05) is 0 Å². The molecule has 2 atom stereocenters. The number of epoxide rings is 1. The third-order valence-corrected chi connectivity index (χ3v) is 1.50. The zero-order valence-corrected chi connectivity index (χ0v) is 8.18. The molecule has 0 bridgehead atoms. The zero-order chi connectivity index (χ0) is 9.19. The van der Waals surface area contributed by atoms with Crippen LogP contribution in [0.4, 0.5) is 0 Å². The van der Waals surface area contributed by atoms with Crippen LogP contribution in [0.1, 0.15) is 20.8 Å². The van der Waals surface area contributed by atoms with E-state index in [-0.39, 0.29) is 17.6 Å².